The Bertz CT molecular complexity index is 1450. The van der Waals surface area contributed by atoms with Gasteiger partial charge in [0.15, 0.2) is 5.78 Å². The van der Waals surface area contributed by atoms with E-state index in [1.165, 1.54) is 11.3 Å². The zero-order chi connectivity index (χ0) is 27.6. The SMILES string of the molecule is CCCCCC(=O)C(Nc1ccc2sc(C(=O)NCCCC)cc2c1)c1cncn1Cc1ccc(C#N)cc1. The average molecular weight is 542 g/mol. The molecule has 7 nitrogen and oxygen atoms in total. The Kier molecular flexibility index (Phi) is 9.87. The fourth-order valence-electron chi connectivity index (χ4n) is 4.48. The van der Waals surface area contributed by atoms with Crippen LogP contribution in [0.1, 0.15) is 84.9 Å². The normalized spacial score (nSPS) is 11.7. The molecule has 2 N–H and O–H groups in total. The van der Waals surface area contributed by atoms with Crippen molar-refractivity contribution in [2.75, 3.05) is 11.9 Å². The van der Waals surface area contributed by atoms with Gasteiger partial charge < -0.3 is 15.2 Å². The van der Waals surface area contributed by atoms with Gasteiger partial charge in [0.1, 0.15) is 6.04 Å². The summed E-state index contributed by atoms with van der Waals surface area (Å²) in [6, 6.07) is 16.9. The predicted molar refractivity (Wildman–Crippen MR) is 157 cm³/mol. The van der Waals surface area contributed by atoms with Gasteiger partial charge in [-0.2, -0.15) is 5.26 Å². The predicted octanol–water partition coefficient (Wildman–Crippen LogP) is 6.85. The minimum Gasteiger partial charge on any atom is -0.370 e. The number of nitriles is 1. The number of nitrogens with zero attached hydrogens (tertiary/aromatic N) is 3. The first-order chi connectivity index (χ1) is 19.0. The number of amides is 1. The molecule has 0 saturated carbocycles. The molecular weight excluding hydrogens is 506 g/mol. The molecule has 0 fully saturated rings. The summed E-state index contributed by atoms with van der Waals surface area (Å²) in [5.74, 6) is 0.0706. The number of fused-ring (bicyclic) bond motifs is 1. The van der Waals surface area contributed by atoms with Crippen LogP contribution in [0.2, 0.25) is 0 Å². The Morgan fingerprint density at radius 1 is 1.05 bits per heavy atom. The van der Waals surface area contributed by atoms with E-state index in [0.717, 1.165) is 59.1 Å². The number of thiophene rings is 1. The summed E-state index contributed by atoms with van der Waals surface area (Å²) in [5, 5.41) is 16.5. The highest BCUT2D eigenvalue weighted by atomic mass is 32.1. The zero-order valence-electron chi connectivity index (χ0n) is 22.6. The van der Waals surface area contributed by atoms with E-state index in [1.54, 1.807) is 24.7 Å². The monoisotopic (exact) mass is 541 g/mol. The maximum Gasteiger partial charge on any atom is 0.261 e. The van der Waals surface area contributed by atoms with Crippen molar-refractivity contribution in [1.29, 1.82) is 5.26 Å². The molecule has 0 aliphatic heterocycles. The van der Waals surface area contributed by atoms with Crippen LogP contribution in [0.15, 0.2) is 61.1 Å². The Morgan fingerprint density at radius 2 is 1.85 bits per heavy atom. The average Bonchev–Trinajstić information content (AvgIpc) is 3.59. The Labute approximate surface area is 233 Å². The number of ketones is 1. The van der Waals surface area contributed by atoms with E-state index in [-0.39, 0.29) is 11.7 Å². The van der Waals surface area contributed by atoms with Crippen molar-refractivity contribution in [3.8, 4) is 6.07 Å². The van der Waals surface area contributed by atoms with Crippen LogP contribution in [0.4, 0.5) is 5.69 Å². The van der Waals surface area contributed by atoms with Crippen LogP contribution >= 0.6 is 11.3 Å². The van der Waals surface area contributed by atoms with Crippen molar-refractivity contribution in [3.05, 3.63) is 82.8 Å². The molecule has 2 heterocycles. The second-order valence-electron chi connectivity index (χ2n) is 9.73. The molecule has 0 aliphatic carbocycles. The number of rotatable bonds is 14. The molecule has 4 rings (SSSR count). The maximum absolute atomic E-state index is 13.5. The third kappa shape index (κ3) is 7.33. The van der Waals surface area contributed by atoms with Gasteiger partial charge in [0.25, 0.3) is 5.91 Å². The maximum atomic E-state index is 13.5. The smallest absolute Gasteiger partial charge is 0.261 e. The molecule has 1 atom stereocenters. The van der Waals surface area contributed by atoms with Crippen LogP contribution in [0.25, 0.3) is 10.1 Å². The lowest BCUT2D eigenvalue weighted by atomic mass is 10.0. The molecule has 2 aromatic carbocycles. The molecule has 0 radical (unpaired) electrons. The molecule has 0 bridgehead atoms. The summed E-state index contributed by atoms with van der Waals surface area (Å²) < 4.78 is 3.01. The highest BCUT2D eigenvalue weighted by Crippen LogP contribution is 2.30. The van der Waals surface area contributed by atoms with Crippen molar-refractivity contribution in [1.82, 2.24) is 14.9 Å². The first-order valence-electron chi connectivity index (χ1n) is 13.6. The van der Waals surface area contributed by atoms with Crippen molar-refractivity contribution < 1.29 is 9.59 Å². The number of nitrogens with one attached hydrogen (secondary N) is 2. The van der Waals surface area contributed by atoms with Crippen molar-refractivity contribution >= 4 is 38.8 Å². The quantitative estimate of drug-likeness (QED) is 0.170. The molecule has 1 amide bonds. The first kappa shape index (κ1) is 28.1. The van der Waals surface area contributed by atoms with E-state index in [1.807, 2.05) is 41.0 Å². The van der Waals surface area contributed by atoms with Gasteiger partial charge in [-0.1, -0.05) is 45.2 Å². The summed E-state index contributed by atoms with van der Waals surface area (Å²) in [4.78, 5) is 31.1. The summed E-state index contributed by atoms with van der Waals surface area (Å²) in [5.41, 5.74) is 3.25. The van der Waals surface area contributed by atoms with E-state index in [0.29, 0.717) is 30.0 Å². The number of hydrogen-bond donors (Lipinski definition) is 2. The van der Waals surface area contributed by atoms with Crippen LogP contribution in [-0.2, 0) is 11.3 Å². The highest BCUT2D eigenvalue weighted by Gasteiger charge is 2.24. The number of benzene rings is 2. The fourth-order valence-corrected chi connectivity index (χ4v) is 5.43. The van der Waals surface area contributed by atoms with Crippen molar-refractivity contribution in [2.24, 2.45) is 0 Å². The van der Waals surface area contributed by atoms with Crippen LogP contribution in [-0.4, -0.2) is 27.8 Å². The number of carbonyl (C=O) groups is 2. The number of imidazole rings is 1. The number of hydrogen-bond acceptors (Lipinski definition) is 6. The number of carbonyl (C=O) groups excluding carboxylic acids is 2. The van der Waals surface area contributed by atoms with E-state index in [9.17, 15) is 9.59 Å². The van der Waals surface area contributed by atoms with Crippen LogP contribution in [0.5, 0.6) is 0 Å². The Hall–Kier alpha value is -3.96. The molecule has 0 saturated heterocycles. The number of unbranched alkanes of at least 4 members (excludes halogenated alkanes) is 3. The molecule has 8 heteroatoms. The van der Waals surface area contributed by atoms with Gasteiger partial charge in [-0.15, -0.1) is 11.3 Å². The van der Waals surface area contributed by atoms with Crippen LogP contribution < -0.4 is 10.6 Å². The molecule has 0 aliphatic rings. The lowest BCUT2D eigenvalue weighted by Gasteiger charge is -2.21. The van der Waals surface area contributed by atoms with E-state index < -0.39 is 6.04 Å². The van der Waals surface area contributed by atoms with E-state index >= 15 is 0 Å². The molecule has 202 valence electrons. The molecule has 2 aromatic heterocycles. The number of aromatic nitrogens is 2. The standard InChI is InChI=1S/C31H35N5O2S/c1-3-5-7-8-27(37)30(26-19-33-21-36(26)20-23-11-9-22(18-32)10-12-23)35-25-13-14-28-24(16-25)17-29(39-28)31(38)34-15-6-4-2/h9-14,16-17,19,21,30,35H,3-8,15,20H2,1-2H3,(H,34,38). The minimum atomic E-state index is -0.560. The molecule has 4 aromatic rings. The second kappa shape index (κ2) is 13.7. The second-order valence-corrected chi connectivity index (χ2v) is 10.8. The van der Waals surface area contributed by atoms with Gasteiger partial charge in [-0.25, -0.2) is 4.98 Å². The topological polar surface area (TPSA) is 99.8 Å². The largest absolute Gasteiger partial charge is 0.370 e. The third-order valence-corrected chi connectivity index (χ3v) is 7.81. The van der Waals surface area contributed by atoms with Gasteiger partial charge in [-0.05, 0) is 60.2 Å². The van der Waals surface area contributed by atoms with E-state index in [4.69, 9.17) is 5.26 Å². The summed E-state index contributed by atoms with van der Waals surface area (Å²) in [6.45, 7) is 5.44. The number of Topliss-reactive ketones (excluding diaryl/α,β-unsaturated/α-hetero) is 1. The Morgan fingerprint density at radius 3 is 2.59 bits per heavy atom. The summed E-state index contributed by atoms with van der Waals surface area (Å²) in [6.07, 6.45) is 8.87. The van der Waals surface area contributed by atoms with E-state index in [2.05, 4.69) is 35.5 Å². The minimum absolute atomic E-state index is 0.0464. The molecule has 39 heavy (non-hydrogen) atoms. The lowest BCUT2D eigenvalue weighted by molar-refractivity contribution is -0.120. The van der Waals surface area contributed by atoms with Crippen molar-refractivity contribution in [3.63, 3.8) is 0 Å². The first-order valence-corrected chi connectivity index (χ1v) is 14.4. The number of anilines is 1. The highest BCUT2D eigenvalue weighted by molar-refractivity contribution is 7.20. The third-order valence-electron chi connectivity index (χ3n) is 6.69. The fraction of sp³-hybridized carbons (Fsp3) is 0.355. The Balaban J connectivity index is 1.58. The molecular formula is C31H35N5O2S. The summed E-state index contributed by atoms with van der Waals surface area (Å²) in [7, 11) is 0. The van der Waals surface area contributed by atoms with Gasteiger partial charge in [0, 0.05) is 29.9 Å². The van der Waals surface area contributed by atoms with Gasteiger partial charge >= 0.3 is 0 Å². The van der Waals surface area contributed by atoms with Crippen LogP contribution in [0, 0.1) is 11.3 Å². The molecule has 1 unspecified atom stereocenters. The summed E-state index contributed by atoms with van der Waals surface area (Å²) >= 11 is 1.47. The van der Waals surface area contributed by atoms with Gasteiger partial charge in [0.05, 0.1) is 34.7 Å². The van der Waals surface area contributed by atoms with Crippen molar-refractivity contribution in [2.45, 2.75) is 65.0 Å². The zero-order valence-corrected chi connectivity index (χ0v) is 23.4. The van der Waals surface area contributed by atoms with Crippen LogP contribution in [0.3, 0.4) is 0 Å². The molecule has 0 spiro atoms. The van der Waals surface area contributed by atoms with Gasteiger partial charge in [-0.3, -0.25) is 9.59 Å². The lowest BCUT2D eigenvalue weighted by Crippen LogP contribution is -2.24. The van der Waals surface area contributed by atoms with Gasteiger partial charge in [0.2, 0.25) is 0 Å².